The Morgan fingerprint density at radius 2 is 2.10 bits per heavy atom. The molecule has 0 atom stereocenters. The van der Waals surface area contributed by atoms with Crippen LogP contribution in [-0.4, -0.2) is 38.6 Å². The first-order valence-corrected chi connectivity index (χ1v) is 9.09. The zero-order valence-electron chi connectivity index (χ0n) is 11.7. The summed E-state index contributed by atoms with van der Waals surface area (Å²) < 4.78 is 37.5. The quantitative estimate of drug-likeness (QED) is 0.785. The van der Waals surface area contributed by atoms with Crippen LogP contribution in [-0.2, 0) is 10.0 Å². The van der Waals surface area contributed by atoms with E-state index < -0.39 is 10.0 Å². The maximum Gasteiger partial charge on any atom is 0.255 e. The van der Waals surface area contributed by atoms with Gasteiger partial charge in [0.05, 0.1) is 13.7 Å². The summed E-state index contributed by atoms with van der Waals surface area (Å²) >= 11 is 1.22. The number of hydrogen-bond acceptors (Lipinski definition) is 5. The average molecular weight is 317 g/mol. The van der Waals surface area contributed by atoms with Crippen molar-refractivity contribution in [2.45, 2.75) is 24.2 Å². The zero-order valence-corrected chi connectivity index (χ0v) is 13.3. The largest absolute Gasteiger partial charge is 0.497 e. The van der Waals surface area contributed by atoms with Crippen LogP contribution in [0.15, 0.2) is 23.1 Å². The third-order valence-corrected chi connectivity index (χ3v) is 6.38. The molecule has 7 heteroatoms. The number of ether oxygens (including phenoxy) is 2. The van der Waals surface area contributed by atoms with E-state index in [-0.39, 0.29) is 4.90 Å². The summed E-state index contributed by atoms with van der Waals surface area (Å²) in [6, 6.07) is 4.82. The van der Waals surface area contributed by atoms with Gasteiger partial charge in [-0.15, -0.1) is 3.71 Å². The van der Waals surface area contributed by atoms with Crippen molar-refractivity contribution in [3.05, 3.63) is 18.2 Å². The highest BCUT2D eigenvalue weighted by Crippen LogP contribution is 2.33. The van der Waals surface area contributed by atoms with Gasteiger partial charge in [-0.1, -0.05) is 11.9 Å². The lowest BCUT2D eigenvalue weighted by Gasteiger charge is -2.22. The summed E-state index contributed by atoms with van der Waals surface area (Å²) in [7, 11) is -2.00. The SMILES string of the molecule is COc1ccc2c(c1)OCCCCCN(SC)S2(=O)=O. The number of methoxy groups -OCH3 is 1. The fourth-order valence-electron chi connectivity index (χ4n) is 2.06. The molecule has 1 aliphatic rings. The molecule has 0 amide bonds. The molecule has 2 rings (SSSR count). The highest BCUT2D eigenvalue weighted by atomic mass is 32.3. The molecule has 0 aliphatic carbocycles. The van der Waals surface area contributed by atoms with Gasteiger partial charge in [0.15, 0.2) is 0 Å². The Morgan fingerprint density at radius 1 is 1.30 bits per heavy atom. The van der Waals surface area contributed by atoms with Crippen LogP contribution in [0.3, 0.4) is 0 Å². The van der Waals surface area contributed by atoms with Gasteiger partial charge in [0.1, 0.15) is 16.4 Å². The standard InChI is InChI=1S/C13H19NO4S2/c1-17-11-6-7-13-12(10-11)18-9-5-3-4-8-14(19-2)20(13,15)16/h6-7,10H,3-5,8-9H2,1-2H3. The number of nitrogens with zero attached hydrogens (tertiary/aromatic N) is 1. The maximum atomic E-state index is 12.7. The normalized spacial score (nSPS) is 19.7. The van der Waals surface area contributed by atoms with Crippen LogP contribution < -0.4 is 9.47 Å². The fourth-order valence-corrected chi connectivity index (χ4v) is 4.60. The second kappa shape index (κ2) is 6.69. The second-order valence-electron chi connectivity index (χ2n) is 4.44. The van der Waals surface area contributed by atoms with Crippen LogP contribution in [0.4, 0.5) is 0 Å². The number of fused-ring (bicyclic) bond motifs is 1. The molecule has 0 unspecified atom stereocenters. The van der Waals surface area contributed by atoms with Crippen LogP contribution in [0.2, 0.25) is 0 Å². The van der Waals surface area contributed by atoms with E-state index in [0.29, 0.717) is 24.7 Å². The van der Waals surface area contributed by atoms with Gasteiger partial charge in [0.25, 0.3) is 10.0 Å². The summed E-state index contributed by atoms with van der Waals surface area (Å²) in [4.78, 5) is 0.203. The van der Waals surface area contributed by atoms with E-state index in [1.165, 1.54) is 15.7 Å². The Morgan fingerprint density at radius 3 is 2.80 bits per heavy atom. The maximum absolute atomic E-state index is 12.7. The Hall–Kier alpha value is -0.920. The molecule has 1 heterocycles. The van der Waals surface area contributed by atoms with E-state index in [2.05, 4.69) is 0 Å². The van der Waals surface area contributed by atoms with Crippen molar-refractivity contribution in [2.24, 2.45) is 0 Å². The predicted octanol–water partition coefficient (Wildman–Crippen LogP) is 2.53. The molecule has 0 saturated heterocycles. The van der Waals surface area contributed by atoms with E-state index in [4.69, 9.17) is 9.47 Å². The molecular formula is C13H19NO4S2. The topological polar surface area (TPSA) is 55.8 Å². The molecule has 20 heavy (non-hydrogen) atoms. The Kier molecular flexibility index (Phi) is 5.17. The zero-order chi connectivity index (χ0) is 14.6. The van der Waals surface area contributed by atoms with E-state index in [9.17, 15) is 8.42 Å². The molecule has 1 aromatic rings. The molecule has 1 aliphatic heterocycles. The van der Waals surface area contributed by atoms with Gasteiger partial charge in [-0.05, 0) is 37.7 Å². The third kappa shape index (κ3) is 3.21. The Bertz CT molecular complexity index is 559. The minimum Gasteiger partial charge on any atom is -0.497 e. The van der Waals surface area contributed by atoms with Crippen molar-refractivity contribution in [3.63, 3.8) is 0 Å². The molecule has 0 aromatic heterocycles. The van der Waals surface area contributed by atoms with Gasteiger partial charge in [0, 0.05) is 12.6 Å². The minimum absolute atomic E-state index is 0.203. The first-order chi connectivity index (χ1) is 9.59. The molecular weight excluding hydrogens is 298 g/mol. The summed E-state index contributed by atoms with van der Waals surface area (Å²) in [6.45, 7) is 1.05. The lowest BCUT2D eigenvalue weighted by molar-refractivity contribution is 0.292. The predicted molar refractivity (Wildman–Crippen MR) is 79.7 cm³/mol. The van der Waals surface area contributed by atoms with Crippen molar-refractivity contribution in [2.75, 3.05) is 26.5 Å². The fraction of sp³-hybridized carbons (Fsp3) is 0.538. The van der Waals surface area contributed by atoms with Crippen LogP contribution in [0, 0.1) is 0 Å². The Labute approximate surface area is 124 Å². The molecule has 0 fully saturated rings. The van der Waals surface area contributed by atoms with E-state index in [0.717, 1.165) is 19.3 Å². The number of benzene rings is 1. The summed E-state index contributed by atoms with van der Waals surface area (Å²) in [5.74, 6) is 0.956. The van der Waals surface area contributed by atoms with Crippen LogP contribution in [0.25, 0.3) is 0 Å². The van der Waals surface area contributed by atoms with Gasteiger partial charge >= 0.3 is 0 Å². The van der Waals surface area contributed by atoms with Crippen LogP contribution in [0.5, 0.6) is 11.5 Å². The van der Waals surface area contributed by atoms with Crippen molar-refractivity contribution in [1.29, 1.82) is 0 Å². The average Bonchev–Trinajstić information content (AvgIpc) is 2.45. The van der Waals surface area contributed by atoms with Crippen molar-refractivity contribution >= 4 is 22.0 Å². The van der Waals surface area contributed by atoms with Crippen molar-refractivity contribution < 1.29 is 17.9 Å². The number of rotatable bonds is 2. The number of hydrogen-bond donors (Lipinski definition) is 0. The van der Waals surface area contributed by atoms with Gasteiger partial charge in [-0.2, -0.15) is 0 Å². The summed E-state index contributed by atoms with van der Waals surface area (Å²) in [5.41, 5.74) is 0. The summed E-state index contributed by atoms with van der Waals surface area (Å²) in [5, 5.41) is 0. The monoisotopic (exact) mass is 317 g/mol. The van der Waals surface area contributed by atoms with Crippen LogP contribution >= 0.6 is 11.9 Å². The molecule has 1 aromatic carbocycles. The lowest BCUT2D eigenvalue weighted by atomic mass is 10.2. The Balaban J connectivity index is 2.49. The molecule has 0 radical (unpaired) electrons. The van der Waals surface area contributed by atoms with Gasteiger partial charge < -0.3 is 9.47 Å². The number of sulfonamides is 1. The molecule has 5 nitrogen and oxygen atoms in total. The first-order valence-electron chi connectivity index (χ1n) is 6.47. The minimum atomic E-state index is -3.54. The van der Waals surface area contributed by atoms with E-state index >= 15 is 0 Å². The molecule has 0 spiro atoms. The second-order valence-corrected chi connectivity index (χ2v) is 7.30. The molecule has 0 saturated carbocycles. The van der Waals surface area contributed by atoms with Gasteiger partial charge in [-0.25, -0.2) is 8.42 Å². The van der Waals surface area contributed by atoms with Gasteiger partial charge in [0.2, 0.25) is 0 Å². The first kappa shape index (κ1) is 15.5. The van der Waals surface area contributed by atoms with Crippen molar-refractivity contribution in [3.8, 4) is 11.5 Å². The van der Waals surface area contributed by atoms with Crippen LogP contribution in [0.1, 0.15) is 19.3 Å². The smallest absolute Gasteiger partial charge is 0.255 e. The van der Waals surface area contributed by atoms with Crippen molar-refractivity contribution in [1.82, 2.24) is 3.71 Å². The highest BCUT2D eigenvalue weighted by Gasteiger charge is 2.28. The molecule has 0 bridgehead atoms. The third-order valence-electron chi connectivity index (χ3n) is 3.14. The van der Waals surface area contributed by atoms with Gasteiger partial charge in [-0.3, -0.25) is 0 Å². The lowest BCUT2D eigenvalue weighted by Crippen LogP contribution is -2.26. The highest BCUT2D eigenvalue weighted by molar-refractivity contribution is 8.08. The summed E-state index contributed by atoms with van der Waals surface area (Å²) in [6.07, 6.45) is 4.48. The van der Waals surface area contributed by atoms with E-state index in [1.807, 2.05) is 0 Å². The van der Waals surface area contributed by atoms with E-state index in [1.54, 1.807) is 31.6 Å². The molecule has 112 valence electrons. The molecule has 0 N–H and O–H groups in total.